The van der Waals surface area contributed by atoms with Crippen LogP contribution in [-0.4, -0.2) is 13.4 Å². The predicted octanol–water partition coefficient (Wildman–Crippen LogP) is 5.81. The fourth-order valence-electron chi connectivity index (χ4n) is 2.97. The number of benzene rings is 3. The highest BCUT2D eigenvalue weighted by atomic mass is 35.5. The molecule has 29 heavy (non-hydrogen) atoms. The molecule has 0 saturated carbocycles. The van der Waals surface area contributed by atoms with Crippen LogP contribution in [0.2, 0.25) is 5.02 Å². The van der Waals surface area contributed by atoms with Gasteiger partial charge >= 0.3 is 0 Å². The Morgan fingerprint density at radius 3 is 2.14 bits per heavy atom. The van der Waals surface area contributed by atoms with E-state index in [-0.39, 0.29) is 21.5 Å². The van der Waals surface area contributed by atoms with Gasteiger partial charge in [-0.25, -0.2) is 26.6 Å². The number of aromatic nitrogens is 1. The number of para-hydroxylation sites is 1. The Labute approximate surface area is 169 Å². The summed E-state index contributed by atoms with van der Waals surface area (Å²) < 4.78 is 68.1. The lowest BCUT2D eigenvalue weighted by Crippen LogP contribution is -2.07. The molecule has 0 atom stereocenters. The molecule has 4 aromatic rings. The lowest BCUT2D eigenvalue weighted by molar-refractivity contribution is 0.567. The third-order valence-corrected chi connectivity index (χ3v) is 6.31. The second-order valence-electron chi connectivity index (χ2n) is 6.26. The van der Waals surface area contributed by atoms with Gasteiger partial charge in [0.25, 0.3) is 0 Å². The third-order valence-electron chi connectivity index (χ3n) is 4.32. The largest absolute Gasteiger partial charge is 0.243 e. The van der Waals surface area contributed by atoms with E-state index < -0.39 is 32.2 Å². The molecule has 4 rings (SSSR count). The zero-order valence-electron chi connectivity index (χ0n) is 14.5. The number of hydrogen-bond donors (Lipinski definition) is 0. The van der Waals surface area contributed by atoms with Gasteiger partial charge in [-0.1, -0.05) is 35.9 Å². The van der Waals surface area contributed by atoms with Gasteiger partial charge in [0, 0.05) is 22.0 Å². The quantitative estimate of drug-likeness (QED) is 0.410. The highest BCUT2D eigenvalue weighted by molar-refractivity contribution is 7.91. The first-order chi connectivity index (χ1) is 13.8. The van der Waals surface area contributed by atoms with Gasteiger partial charge in [0.1, 0.15) is 23.0 Å². The number of pyridine rings is 1. The highest BCUT2D eigenvalue weighted by Crippen LogP contribution is 2.34. The standard InChI is InChI=1S/C21H11ClF3NO2S/c22-14-6-4-12(5-7-14)21-19(8-13-2-1-3-18(25)20(13)26-21)29(27,28)17-10-15(23)9-16(24)11-17/h1-11H. The van der Waals surface area contributed by atoms with Gasteiger partial charge in [-0.3, -0.25) is 0 Å². The van der Waals surface area contributed by atoms with Crippen LogP contribution in [-0.2, 0) is 9.84 Å². The Balaban J connectivity index is 2.06. The topological polar surface area (TPSA) is 47.0 Å². The van der Waals surface area contributed by atoms with Crippen molar-refractivity contribution >= 4 is 32.3 Å². The average molecular weight is 434 g/mol. The van der Waals surface area contributed by atoms with Gasteiger partial charge in [-0.2, -0.15) is 0 Å². The maximum atomic E-state index is 14.3. The Kier molecular flexibility index (Phi) is 4.80. The molecule has 1 heterocycles. The molecular weight excluding hydrogens is 423 g/mol. The summed E-state index contributed by atoms with van der Waals surface area (Å²) in [4.78, 5) is 3.36. The van der Waals surface area contributed by atoms with E-state index in [9.17, 15) is 21.6 Å². The van der Waals surface area contributed by atoms with Crippen molar-refractivity contribution in [3.63, 3.8) is 0 Å². The summed E-state index contributed by atoms with van der Waals surface area (Å²) in [7, 11) is -4.38. The SMILES string of the molecule is O=S(=O)(c1cc(F)cc(F)c1)c1cc2cccc(F)c2nc1-c1ccc(Cl)cc1. The van der Waals surface area contributed by atoms with Crippen molar-refractivity contribution in [2.45, 2.75) is 9.79 Å². The van der Waals surface area contributed by atoms with Gasteiger partial charge in [-0.15, -0.1) is 0 Å². The van der Waals surface area contributed by atoms with Crippen LogP contribution in [0.5, 0.6) is 0 Å². The van der Waals surface area contributed by atoms with Crippen LogP contribution in [0.3, 0.4) is 0 Å². The lowest BCUT2D eigenvalue weighted by atomic mass is 10.1. The van der Waals surface area contributed by atoms with E-state index in [1.165, 1.54) is 48.5 Å². The molecule has 146 valence electrons. The molecule has 0 radical (unpaired) electrons. The van der Waals surface area contributed by atoms with E-state index in [2.05, 4.69) is 4.98 Å². The van der Waals surface area contributed by atoms with Crippen molar-refractivity contribution in [3.05, 3.63) is 89.2 Å². The van der Waals surface area contributed by atoms with Crippen LogP contribution in [0.15, 0.2) is 76.5 Å². The normalized spacial score (nSPS) is 11.7. The summed E-state index contributed by atoms with van der Waals surface area (Å²) in [6.07, 6.45) is 0. The second-order valence-corrected chi connectivity index (χ2v) is 8.62. The highest BCUT2D eigenvalue weighted by Gasteiger charge is 2.26. The Morgan fingerprint density at radius 1 is 0.828 bits per heavy atom. The van der Waals surface area contributed by atoms with E-state index in [0.29, 0.717) is 16.7 Å². The van der Waals surface area contributed by atoms with Gasteiger partial charge in [0.05, 0.1) is 15.5 Å². The van der Waals surface area contributed by atoms with Crippen LogP contribution in [0.25, 0.3) is 22.2 Å². The average Bonchev–Trinajstić information content (AvgIpc) is 2.67. The minimum atomic E-state index is -4.38. The fraction of sp³-hybridized carbons (Fsp3) is 0. The minimum absolute atomic E-state index is 0.0261. The molecule has 0 aliphatic rings. The summed E-state index contributed by atoms with van der Waals surface area (Å²) in [6.45, 7) is 0. The maximum Gasteiger partial charge on any atom is 0.208 e. The van der Waals surface area contributed by atoms with E-state index in [1.54, 1.807) is 0 Å². The molecule has 3 nitrogen and oxygen atoms in total. The van der Waals surface area contributed by atoms with Crippen molar-refractivity contribution in [2.24, 2.45) is 0 Å². The Morgan fingerprint density at radius 2 is 1.48 bits per heavy atom. The molecule has 0 aliphatic heterocycles. The van der Waals surface area contributed by atoms with Crippen molar-refractivity contribution in [2.75, 3.05) is 0 Å². The van der Waals surface area contributed by atoms with Gasteiger partial charge in [0.15, 0.2) is 0 Å². The first-order valence-electron chi connectivity index (χ1n) is 8.32. The third kappa shape index (κ3) is 3.59. The zero-order valence-corrected chi connectivity index (χ0v) is 16.1. The molecule has 0 aliphatic carbocycles. The molecule has 0 unspecified atom stereocenters. The number of fused-ring (bicyclic) bond motifs is 1. The summed E-state index contributed by atoms with van der Waals surface area (Å²) in [5, 5.41) is 0.649. The summed E-state index contributed by atoms with van der Waals surface area (Å²) in [6, 6.07) is 13.5. The lowest BCUT2D eigenvalue weighted by Gasteiger charge is -2.13. The van der Waals surface area contributed by atoms with E-state index in [1.807, 2.05) is 0 Å². The Bertz CT molecular complexity index is 1340. The van der Waals surface area contributed by atoms with Gasteiger partial charge < -0.3 is 0 Å². The van der Waals surface area contributed by atoms with E-state index in [0.717, 1.165) is 12.1 Å². The zero-order chi connectivity index (χ0) is 20.8. The molecule has 0 amide bonds. The molecular formula is C21H11ClF3NO2S. The molecule has 8 heteroatoms. The number of halogens is 4. The van der Waals surface area contributed by atoms with Crippen molar-refractivity contribution < 1.29 is 21.6 Å². The van der Waals surface area contributed by atoms with Crippen molar-refractivity contribution in [3.8, 4) is 11.3 Å². The van der Waals surface area contributed by atoms with Crippen LogP contribution in [0, 0.1) is 17.5 Å². The molecule has 0 spiro atoms. The summed E-state index contributed by atoms with van der Waals surface area (Å²) in [5.41, 5.74) is 0.278. The number of rotatable bonds is 3. The summed E-state index contributed by atoms with van der Waals surface area (Å²) in [5.74, 6) is -2.69. The Hall–Kier alpha value is -2.90. The molecule has 0 fully saturated rings. The van der Waals surface area contributed by atoms with E-state index in [4.69, 9.17) is 11.6 Å². The smallest absolute Gasteiger partial charge is 0.208 e. The van der Waals surface area contributed by atoms with Gasteiger partial charge in [-0.05, 0) is 36.4 Å². The second kappa shape index (κ2) is 7.17. The summed E-state index contributed by atoms with van der Waals surface area (Å²) >= 11 is 5.90. The first-order valence-corrected chi connectivity index (χ1v) is 10.2. The molecule has 0 bridgehead atoms. The van der Waals surface area contributed by atoms with Crippen LogP contribution >= 0.6 is 11.6 Å². The fourth-order valence-corrected chi connectivity index (χ4v) is 4.59. The monoisotopic (exact) mass is 433 g/mol. The van der Waals surface area contributed by atoms with Crippen LogP contribution < -0.4 is 0 Å². The number of sulfone groups is 1. The van der Waals surface area contributed by atoms with Gasteiger partial charge in [0.2, 0.25) is 9.84 Å². The predicted molar refractivity (Wildman–Crippen MR) is 104 cm³/mol. The molecule has 0 N–H and O–H groups in total. The van der Waals surface area contributed by atoms with Crippen LogP contribution in [0.1, 0.15) is 0 Å². The maximum absolute atomic E-state index is 14.3. The number of nitrogens with zero attached hydrogens (tertiary/aromatic N) is 1. The first kappa shape index (κ1) is 19.4. The van der Waals surface area contributed by atoms with Crippen molar-refractivity contribution in [1.29, 1.82) is 0 Å². The minimum Gasteiger partial charge on any atom is -0.243 e. The number of hydrogen-bond acceptors (Lipinski definition) is 3. The van der Waals surface area contributed by atoms with E-state index >= 15 is 0 Å². The van der Waals surface area contributed by atoms with Crippen molar-refractivity contribution in [1.82, 2.24) is 4.98 Å². The molecule has 1 aromatic heterocycles. The molecule has 0 saturated heterocycles. The molecule has 3 aromatic carbocycles. The van der Waals surface area contributed by atoms with Crippen LogP contribution in [0.4, 0.5) is 13.2 Å².